The summed E-state index contributed by atoms with van der Waals surface area (Å²) in [6.07, 6.45) is 1.02. The highest BCUT2D eigenvalue weighted by Gasteiger charge is 2.40. The van der Waals surface area contributed by atoms with E-state index in [2.05, 4.69) is 9.97 Å². The zero-order chi connectivity index (χ0) is 15.7. The van der Waals surface area contributed by atoms with E-state index in [-0.39, 0.29) is 13.0 Å². The summed E-state index contributed by atoms with van der Waals surface area (Å²) in [5.74, 6) is -0.998. The van der Waals surface area contributed by atoms with Crippen molar-refractivity contribution in [3.05, 3.63) is 17.1 Å². The van der Waals surface area contributed by atoms with Gasteiger partial charge in [-0.25, -0.2) is 14.8 Å². The number of aryl methyl sites for hydroxylation is 2. The third-order valence-electron chi connectivity index (χ3n) is 3.40. The van der Waals surface area contributed by atoms with Gasteiger partial charge in [0.25, 0.3) is 5.91 Å². The molecule has 0 aliphatic carbocycles. The summed E-state index contributed by atoms with van der Waals surface area (Å²) in [5.41, 5.74) is 0.829. The van der Waals surface area contributed by atoms with Gasteiger partial charge in [0.1, 0.15) is 16.9 Å². The number of carboxylic acids is 1. The molecule has 0 radical (unpaired) electrons. The van der Waals surface area contributed by atoms with Crippen LogP contribution in [0.25, 0.3) is 0 Å². The van der Waals surface area contributed by atoms with E-state index in [4.69, 9.17) is 0 Å². The molecule has 2 atom stereocenters. The molecule has 7 nitrogen and oxygen atoms in total. The summed E-state index contributed by atoms with van der Waals surface area (Å²) in [6, 6.07) is -1.01. The Morgan fingerprint density at radius 1 is 1.33 bits per heavy atom. The largest absolute Gasteiger partial charge is 0.480 e. The summed E-state index contributed by atoms with van der Waals surface area (Å²) in [7, 11) is 0. The van der Waals surface area contributed by atoms with Crippen molar-refractivity contribution in [2.75, 3.05) is 12.8 Å². The van der Waals surface area contributed by atoms with Crippen LogP contribution in [-0.2, 0) is 4.79 Å². The quantitative estimate of drug-likeness (QED) is 0.618. The molecule has 1 aromatic rings. The Hall–Kier alpha value is -1.67. The van der Waals surface area contributed by atoms with E-state index in [1.165, 1.54) is 16.7 Å². The van der Waals surface area contributed by atoms with Crippen LogP contribution in [0.5, 0.6) is 0 Å². The van der Waals surface area contributed by atoms with Gasteiger partial charge in [0.2, 0.25) is 0 Å². The summed E-state index contributed by atoms with van der Waals surface area (Å²) >= 11 is 1.31. The molecule has 8 heteroatoms. The zero-order valence-electron chi connectivity index (χ0n) is 12.0. The highest BCUT2D eigenvalue weighted by molar-refractivity contribution is 7.98. The number of β-amino-alcohol motifs (C(OH)–C–C–N with tert-alkyl or cyclic N) is 1. The topological polar surface area (TPSA) is 104 Å². The smallest absolute Gasteiger partial charge is 0.326 e. The van der Waals surface area contributed by atoms with Gasteiger partial charge in [-0.05, 0) is 20.1 Å². The van der Waals surface area contributed by atoms with Crippen LogP contribution in [0.1, 0.15) is 28.3 Å². The van der Waals surface area contributed by atoms with E-state index in [9.17, 15) is 19.8 Å². The molecule has 2 heterocycles. The molecule has 0 spiro atoms. The number of rotatable bonds is 3. The first kappa shape index (κ1) is 15.7. The molecule has 21 heavy (non-hydrogen) atoms. The molecule has 2 N–H and O–H groups in total. The lowest BCUT2D eigenvalue weighted by atomic mass is 10.1. The Morgan fingerprint density at radius 2 is 2.00 bits per heavy atom. The standard InChI is InChI=1S/C13H17N3O4S/c1-6-10(11(21-3)15-7(2)14-6)12(18)16-5-8(17)4-9(16)13(19)20/h8-9,17H,4-5H2,1-3H3,(H,19,20)/t8-,9-/m0/s1. The van der Waals surface area contributed by atoms with Gasteiger partial charge >= 0.3 is 5.97 Å². The molecule has 1 saturated heterocycles. The number of amides is 1. The van der Waals surface area contributed by atoms with E-state index in [0.29, 0.717) is 22.1 Å². The number of hydrogen-bond donors (Lipinski definition) is 2. The van der Waals surface area contributed by atoms with Crippen molar-refractivity contribution in [2.45, 2.75) is 37.4 Å². The van der Waals surface area contributed by atoms with E-state index < -0.39 is 24.0 Å². The molecular weight excluding hydrogens is 294 g/mol. The Kier molecular flexibility index (Phi) is 4.48. The molecule has 1 aromatic heterocycles. The number of aromatic nitrogens is 2. The fraction of sp³-hybridized carbons (Fsp3) is 0.538. The van der Waals surface area contributed by atoms with Crippen molar-refractivity contribution in [3.8, 4) is 0 Å². The molecule has 0 unspecified atom stereocenters. The molecule has 0 aromatic carbocycles. The van der Waals surface area contributed by atoms with Crippen LogP contribution >= 0.6 is 11.8 Å². The SMILES string of the molecule is CSc1nc(C)nc(C)c1C(=O)N1C[C@@H](O)C[C@H]1C(=O)O. The minimum absolute atomic E-state index is 0.0109. The second-order valence-corrected chi connectivity index (χ2v) is 5.74. The fourth-order valence-electron chi connectivity index (χ4n) is 2.49. The van der Waals surface area contributed by atoms with Gasteiger partial charge < -0.3 is 15.1 Å². The number of carbonyl (C=O) groups excluding carboxylic acids is 1. The lowest BCUT2D eigenvalue weighted by molar-refractivity contribution is -0.141. The van der Waals surface area contributed by atoms with Crippen LogP contribution in [0.2, 0.25) is 0 Å². The summed E-state index contributed by atoms with van der Waals surface area (Å²) in [4.78, 5) is 33.5. The van der Waals surface area contributed by atoms with Crippen molar-refractivity contribution in [3.63, 3.8) is 0 Å². The predicted molar refractivity (Wildman–Crippen MR) is 76.4 cm³/mol. The van der Waals surface area contributed by atoms with Gasteiger partial charge in [0.05, 0.1) is 17.4 Å². The van der Waals surface area contributed by atoms with E-state index >= 15 is 0 Å². The number of aliphatic hydroxyl groups is 1. The lowest BCUT2D eigenvalue weighted by Gasteiger charge is -2.22. The highest BCUT2D eigenvalue weighted by atomic mass is 32.2. The molecule has 114 valence electrons. The maximum atomic E-state index is 12.7. The first-order chi connectivity index (χ1) is 9.85. The minimum atomic E-state index is -1.11. The summed E-state index contributed by atoms with van der Waals surface area (Å²) in [6.45, 7) is 3.45. The molecule has 1 aliphatic rings. The number of thioether (sulfide) groups is 1. The van der Waals surface area contributed by atoms with Gasteiger partial charge in [-0.2, -0.15) is 0 Å². The molecule has 0 bridgehead atoms. The number of carbonyl (C=O) groups is 2. The average molecular weight is 311 g/mol. The first-order valence-corrected chi connectivity index (χ1v) is 7.68. The van der Waals surface area contributed by atoms with Crippen molar-refractivity contribution >= 4 is 23.6 Å². The maximum Gasteiger partial charge on any atom is 0.326 e. The van der Waals surface area contributed by atoms with Crippen molar-refractivity contribution in [1.29, 1.82) is 0 Å². The average Bonchev–Trinajstić information content (AvgIpc) is 2.79. The van der Waals surface area contributed by atoms with E-state index in [1.807, 2.05) is 0 Å². The van der Waals surface area contributed by atoms with Crippen LogP contribution in [-0.4, -0.2) is 61.9 Å². The zero-order valence-corrected chi connectivity index (χ0v) is 12.8. The van der Waals surface area contributed by atoms with Crippen LogP contribution in [0.4, 0.5) is 0 Å². The Labute approximate surface area is 126 Å². The van der Waals surface area contributed by atoms with Crippen molar-refractivity contribution in [1.82, 2.24) is 14.9 Å². The number of hydrogen-bond acceptors (Lipinski definition) is 6. The fourth-order valence-corrected chi connectivity index (χ4v) is 3.15. The molecular formula is C13H17N3O4S. The molecule has 1 fully saturated rings. The van der Waals surface area contributed by atoms with Gasteiger partial charge in [-0.1, -0.05) is 0 Å². The Bertz CT molecular complexity index is 593. The van der Waals surface area contributed by atoms with Crippen LogP contribution in [0.3, 0.4) is 0 Å². The molecule has 1 amide bonds. The number of likely N-dealkylation sites (tertiary alicyclic amines) is 1. The lowest BCUT2D eigenvalue weighted by Crippen LogP contribution is -2.41. The molecule has 1 aliphatic heterocycles. The third-order valence-corrected chi connectivity index (χ3v) is 4.08. The molecule has 0 saturated carbocycles. The normalized spacial score (nSPS) is 21.6. The number of carboxylic acid groups (broad SMARTS) is 1. The van der Waals surface area contributed by atoms with Gasteiger partial charge in [0.15, 0.2) is 0 Å². The van der Waals surface area contributed by atoms with E-state index in [1.54, 1.807) is 20.1 Å². The maximum absolute atomic E-state index is 12.7. The number of aliphatic hydroxyl groups excluding tert-OH is 1. The first-order valence-electron chi connectivity index (χ1n) is 6.46. The number of aliphatic carboxylic acids is 1. The second kappa shape index (κ2) is 5.98. The van der Waals surface area contributed by atoms with Gasteiger partial charge in [-0.15, -0.1) is 11.8 Å². The Balaban J connectivity index is 2.42. The van der Waals surface area contributed by atoms with Gasteiger partial charge in [-0.3, -0.25) is 4.79 Å². The van der Waals surface area contributed by atoms with Crippen molar-refractivity contribution < 1.29 is 19.8 Å². The highest BCUT2D eigenvalue weighted by Crippen LogP contribution is 2.26. The second-order valence-electron chi connectivity index (χ2n) is 4.94. The molecule has 2 rings (SSSR count). The Morgan fingerprint density at radius 3 is 2.57 bits per heavy atom. The minimum Gasteiger partial charge on any atom is -0.480 e. The van der Waals surface area contributed by atoms with Crippen LogP contribution < -0.4 is 0 Å². The van der Waals surface area contributed by atoms with E-state index in [0.717, 1.165) is 0 Å². The number of nitrogens with zero attached hydrogens (tertiary/aromatic N) is 3. The predicted octanol–water partition coefficient (Wildman–Crippen LogP) is 0.475. The van der Waals surface area contributed by atoms with Crippen LogP contribution in [0, 0.1) is 13.8 Å². The third kappa shape index (κ3) is 3.01. The summed E-state index contributed by atoms with van der Waals surface area (Å²) in [5, 5.41) is 19.4. The van der Waals surface area contributed by atoms with Crippen LogP contribution in [0.15, 0.2) is 5.03 Å². The van der Waals surface area contributed by atoms with Gasteiger partial charge in [0, 0.05) is 13.0 Å². The summed E-state index contributed by atoms with van der Waals surface area (Å²) < 4.78 is 0. The van der Waals surface area contributed by atoms with Crippen molar-refractivity contribution in [2.24, 2.45) is 0 Å². The monoisotopic (exact) mass is 311 g/mol.